The van der Waals surface area contributed by atoms with Gasteiger partial charge in [-0.15, -0.1) is 0 Å². The maximum atomic E-state index is 10.7. The van der Waals surface area contributed by atoms with Gasteiger partial charge >= 0.3 is 0 Å². The Bertz CT molecular complexity index is 1210. The van der Waals surface area contributed by atoms with Crippen LogP contribution in [0.5, 0.6) is 5.75 Å². The third-order valence-corrected chi connectivity index (χ3v) is 4.69. The fourth-order valence-corrected chi connectivity index (χ4v) is 3.27. The van der Waals surface area contributed by atoms with E-state index >= 15 is 0 Å². The predicted octanol–water partition coefficient (Wildman–Crippen LogP) is 3.33. The van der Waals surface area contributed by atoms with E-state index in [0.717, 1.165) is 16.5 Å². The monoisotopic (exact) mass is 425 g/mol. The Balaban J connectivity index is 1.58. The average molecular weight is 426 g/mol. The first-order valence-electron chi connectivity index (χ1n) is 9.37. The number of rotatable bonds is 7. The second kappa shape index (κ2) is 8.16. The van der Waals surface area contributed by atoms with Crippen LogP contribution in [0.1, 0.15) is 20.3 Å². The van der Waals surface area contributed by atoms with E-state index in [9.17, 15) is 9.90 Å². The van der Waals surface area contributed by atoms with Gasteiger partial charge in [0.2, 0.25) is 5.82 Å². The molecule has 0 aliphatic carbocycles. The molecular formula is C21H18ClN4O4-. The van der Waals surface area contributed by atoms with Crippen molar-refractivity contribution in [2.45, 2.75) is 32.9 Å². The highest BCUT2D eigenvalue weighted by atomic mass is 35.5. The lowest BCUT2D eigenvalue weighted by molar-refractivity contribution is -0.305. The first-order valence-corrected chi connectivity index (χ1v) is 9.74. The lowest BCUT2D eigenvalue weighted by atomic mass is 10.1. The summed E-state index contributed by atoms with van der Waals surface area (Å²) in [6, 6.07) is 10.9. The summed E-state index contributed by atoms with van der Waals surface area (Å²) < 4.78 is 12.7. The normalized spacial score (nSPS) is 11.3. The maximum Gasteiger partial charge on any atom is 0.258 e. The van der Waals surface area contributed by atoms with E-state index in [0.29, 0.717) is 28.1 Å². The van der Waals surface area contributed by atoms with E-state index in [1.165, 1.54) is 0 Å². The quantitative estimate of drug-likeness (QED) is 0.447. The number of nitrogens with zero attached hydrogens (tertiary/aromatic N) is 4. The molecule has 2 heterocycles. The molecule has 30 heavy (non-hydrogen) atoms. The van der Waals surface area contributed by atoms with Crippen LogP contribution in [0.4, 0.5) is 0 Å². The highest BCUT2D eigenvalue weighted by Gasteiger charge is 2.14. The number of carboxylic acid groups (broad SMARTS) is 1. The van der Waals surface area contributed by atoms with Crippen molar-refractivity contribution in [1.82, 2.24) is 19.9 Å². The molecule has 0 atom stereocenters. The molecular weight excluding hydrogens is 408 g/mol. The first-order chi connectivity index (χ1) is 14.4. The van der Waals surface area contributed by atoms with Crippen LogP contribution < -0.4 is 9.84 Å². The van der Waals surface area contributed by atoms with Gasteiger partial charge in [-0.05, 0) is 50.2 Å². The SMILES string of the molecule is CC(C)Oc1ccc(-c2nc(-c3ccc4c(cnn4CCC(=O)[O-])c3)no2)cc1Cl. The molecule has 0 bridgehead atoms. The van der Waals surface area contributed by atoms with Gasteiger partial charge in [-0.2, -0.15) is 10.1 Å². The number of carbonyl (C=O) groups excluding carboxylic acids is 1. The molecule has 154 valence electrons. The maximum absolute atomic E-state index is 10.7. The van der Waals surface area contributed by atoms with Gasteiger partial charge in [-0.1, -0.05) is 16.8 Å². The molecule has 4 aromatic rings. The molecule has 0 aliphatic heterocycles. The average Bonchev–Trinajstić information content (AvgIpc) is 3.34. The molecule has 4 rings (SSSR count). The van der Waals surface area contributed by atoms with Crippen LogP contribution in [0.3, 0.4) is 0 Å². The minimum atomic E-state index is -1.11. The Morgan fingerprint density at radius 1 is 1.23 bits per heavy atom. The van der Waals surface area contributed by atoms with Crippen LogP contribution in [0, 0.1) is 0 Å². The topological polar surface area (TPSA) is 106 Å². The molecule has 0 radical (unpaired) electrons. The number of carbonyl (C=O) groups is 1. The molecule has 0 saturated carbocycles. The fourth-order valence-electron chi connectivity index (χ4n) is 3.04. The number of hydrogen-bond acceptors (Lipinski definition) is 7. The number of halogens is 1. The van der Waals surface area contributed by atoms with Crippen molar-refractivity contribution >= 4 is 28.5 Å². The molecule has 0 fully saturated rings. The molecule has 2 aromatic carbocycles. The largest absolute Gasteiger partial charge is 0.550 e. The Hall–Kier alpha value is -3.39. The molecule has 9 heteroatoms. The van der Waals surface area contributed by atoms with Gasteiger partial charge in [-0.3, -0.25) is 4.68 Å². The zero-order valence-corrected chi connectivity index (χ0v) is 17.1. The summed E-state index contributed by atoms with van der Waals surface area (Å²) in [5, 5.41) is 20.3. The van der Waals surface area contributed by atoms with Crippen molar-refractivity contribution in [2.24, 2.45) is 0 Å². The lowest BCUT2D eigenvalue weighted by Crippen LogP contribution is -2.23. The third kappa shape index (κ3) is 4.13. The predicted molar refractivity (Wildman–Crippen MR) is 109 cm³/mol. The first kappa shape index (κ1) is 19.9. The second-order valence-electron chi connectivity index (χ2n) is 7.00. The molecule has 0 aliphatic rings. The molecule has 0 amide bonds. The summed E-state index contributed by atoms with van der Waals surface area (Å²) in [7, 11) is 0. The van der Waals surface area contributed by atoms with Crippen molar-refractivity contribution in [3.05, 3.63) is 47.6 Å². The minimum Gasteiger partial charge on any atom is -0.550 e. The van der Waals surface area contributed by atoms with Gasteiger partial charge in [0.15, 0.2) is 0 Å². The van der Waals surface area contributed by atoms with Crippen molar-refractivity contribution in [3.63, 3.8) is 0 Å². The number of carboxylic acids is 1. The molecule has 2 aromatic heterocycles. The van der Waals surface area contributed by atoms with Gasteiger partial charge < -0.3 is 19.2 Å². The van der Waals surface area contributed by atoms with E-state index < -0.39 is 5.97 Å². The second-order valence-corrected chi connectivity index (χ2v) is 7.41. The van der Waals surface area contributed by atoms with Crippen molar-refractivity contribution in [2.75, 3.05) is 0 Å². The van der Waals surface area contributed by atoms with Crippen molar-refractivity contribution in [1.29, 1.82) is 0 Å². The fraction of sp³-hybridized carbons (Fsp3) is 0.238. The van der Waals surface area contributed by atoms with Crippen LogP contribution in [-0.2, 0) is 11.3 Å². The Kier molecular flexibility index (Phi) is 5.41. The Morgan fingerprint density at radius 2 is 2.03 bits per heavy atom. The molecule has 8 nitrogen and oxygen atoms in total. The summed E-state index contributed by atoms with van der Waals surface area (Å²) in [6.45, 7) is 4.10. The van der Waals surface area contributed by atoms with Crippen LogP contribution in [0.15, 0.2) is 47.1 Å². The third-order valence-electron chi connectivity index (χ3n) is 4.40. The number of aliphatic carboxylic acids is 1. The van der Waals surface area contributed by atoms with E-state index in [-0.39, 0.29) is 19.1 Å². The van der Waals surface area contributed by atoms with E-state index in [1.54, 1.807) is 23.0 Å². The number of aromatic nitrogens is 4. The Morgan fingerprint density at radius 3 is 2.77 bits per heavy atom. The van der Waals surface area contributed by atoms with Crippen LogP contribution in [0.25, 0.3) is 33.7 Å². The smallest absolute Gasteiger partial charge is 0.258 e. The van der Waals surface area contributed by atoms with Gasteiger partial charge in [0.05, 0.1) is 22.8 Å². The summed E-state index contributed by atoms with van der Waals surface area (Å²) in [5.41, 5.74) is 2.25. The number of fused-ring (bicyclic) bond motifs is 1. The standard InChI is InChI=1S/C21H19ClN4O4/c1-12(2)29-18-6-4-14(10-16(18)22)21-24-20(25-30-21)13-3-5-17-15(9-13)11-23-26(17)8-7-19(27)28/h3-6,9-12H,7-8H2,1-2H3,(H,27,28)/p-1. The molecule has 0 unspecified atom stereocenters. The molecule has 0 spiro atoms. The van der Waals surface area contributed by atoms with Crippen LogP contribution in [0.2, 0.25) is 5.02 Å². The summed E-state index contributed by atoms with van der Waals surface area (Å²) in [5.74, 6) is 0.246. The number of ether oxygens (including phenoxy) is 1. The van der Waals surface area contributed by atoms with E-state index in [1.807, 2.05) is 38.1 Å². The summed E-state index contributed by atoms with van der Waals surface area (Å²) in [6.07, 6.45) is 1.59. The van der Waals surface area contributed by atoms with Gasteiger partial charge in [0.25, 0.3) is 5.89 Å². The van der Waals surface area contributed by atoms with E-state index in [2.05, 4.69) is 15.2 Å². The molecule has 0 N–H and O–H groups in total. The Labute approximate surface area is 177 Å². The van der Waals surface area contributed by atoms with Gasteiger partial charge in [0, 0.05) is 35.4 Å². The van der Waals surface area contributed by atoms with Gasteiger partial charge in [0.1, 0.15) is 5.75 Å². The zero-order chi connectivity index (χ0) is 21.3. The molecule has 0 saturated heterocycles. The zero-order valence-electron chi connectivity index (χ0n) is 16.3. The summed E-state index contributed by atoms with van der Waals surface area (Å²) >= 11 is 6.30. The summed E-state index contributed by atoms with van der Waals surface area (Å²) in [4.78, 5) is 15.1. The highest BCUT2D eigenvalue weighted by molar-refractivity contribution is 6.32. The number of benzene rings is 2. The van der Waals surface area contributed by atoms with Gasteiger partial charge in [-0.25, -0.2) is 0 Å². The van der Waals surface area contributed by atoms with Crippen molar-refractivity contribution < 1.29 is 19.2 Å². The van der Waals surface area contributed by atoms with Crippen LogP contribution in [-0.4, -0.2) is 32.0 Å². The number of hydrogen-bond donors (Lipinski definition) is 0. The number of aryl methyl sites for hydroxylation is 1. The van der Waals surface area contributed by atoms with Crippen molar-refractivity contribution in [3.8, 4) is 28.6 Å². The minimum absolute atomic E-state index is 0.0171. The highest BCUT2D eigenvalue weighted by Crippen LogP contribution is 2.31. The lowest BCUT2D eigenvalue weighted by Gasteiger charge is -2.11. The van der Waals surface area contributed by atoms with Crippen LogP contribution >= 0.6 is 11.6 Å². The van der Waals surface area contributed by atoms with E-state index in [4.69, 9.17) is 20.9 Å².